The van der Waals surface area contributed by atoms with Crippen molar-refractivity contribution >= 4 is 17.7 Å². The normalized spacial score (nSPS) is 18.3. The molecule has 1 aliphatic heterocycles. The van der Waals surface area contributed by atoms with Crippen molar-refractivity contribution in [3.63, 3.8) is 0 Å². The number of nitro benzene ring substituents is 1. The van der Waals surface area contributed by atoms with Gasteiger partial charge < -0.3 is 20.1 Å². The Morgan fingerprint density at radius 2 is 1.79 bits per heavy atom. The number of hydrogen-bond donors (Lipinski definition) is 2. The Morgan fingerprint density at radius 3 is 2.52 bits per heavy atom. The van der Waals surface area contributed by atoms with Crippen LogP contribution in [0, 0.1) is 16.0 Å². The van der Waals surface area contributed by atoms with E-state index in [0.29, 0.717) is 5.75 Å². The zero-order valence-electron chi connectivity index (χ0n) is 15.4. The number of benzene rings is 2. The van der Waals surface area contributed by atoms with Gasteiger partial charge in [-0.15, -0.1) is 0 Å². The lowest BCUT2D eigenvalue weighted by molar-refractivity contribution is -0.385. The van der Waals surface area contributed by atoms with Crippen molar-refractivity contribution < 1.29 is 24.0 Å². The number of nitro groups is 1. The summed E-state index contributed by atoms with van der Waals surface area (Å²) in [6.45, 7) is 3.82. The Hall–Kier alpha value is -3.88. The van der Waals surface area contributed by atoms with E-state index in [2.05, 4.69) is 17.2 Å². The van der Waals surface area contributed by atoms with Gasteiger partial charge in [0.05, 0.1) is 16.5 Å². The third-order valence-corrected chi connectivity index (χ3v) is 4.33. The first kappa shape index (κ1) is 19.9. The van der Waals surface area contributed by atoms with Crippen LogP contribution in [0.2, 0.25) is 0 Å². The van der Waals surface area contributed by atoms with Crippen molar-refractivity contribution in [3.8, 4) is 5.75 Å². The molecule has 0 unspecified atom stereocenters. The van der Waals surface area contributed by atoms with Crippen LogP contribution >= 0.6 is 0 Å². The molecule has 0 aromatic heterocycles. The van der Waals surface area contributed by atoms with Gasteiger partial charge in [-0.1, -0.05) is 43.0 Å². The lowest BCUT2D eigenvalue weighted by atomic mass is 9.88. The van der Waals surface area contributed by atoms with Gasteiger partial charge >= 0.3 is 12.0 Å². The van der Waals surface area contributed by atoms with Crippen LogP contribution in [0.3, 0.4) is 0 Å². The van der Waals surface area contributed by atoms with E-state index in [1.54, 1.807) is 18.2 Å². The molecule has 3 rings (SSSR count). The highest BCUT2D eigenvalue weighted by Crippen LogP contribution is 2.35. The zero-order chi connectivity index (χ0) is 20.8. The van der Waals surface area contributed by atoms with E-state index in [0.717, 1.165) is 0 Å². The number of urea groups is 1. The van der Waals surface area contributed by atoms with E-state index < -0.39 is 28.9 Å². The number of nitrogens with zero attached hydrogens (tertiary/aromatic N) is 1. The van der Waals surface area contributed by atoms with Gasteiger partial charge in [-0.05, 0) is 12.1 Å². The van der Waals surface area contributed by atoms with Crippen LogP contribution in [0.15, 0.2) is 66.9 Å². The van der Waals surface area contributed by atoms with Crippen molar-refractivity contribution in [1.82, 2.24) is 10.6 Å². The Bertz CT molecular complexity index is 931. The zero-order valence-corrected chi connectivity index (χ0v) is 15.4. The third-order valence-electron chi connectivity index (χ3n) is 4.33. The molecule has 29 heavy (non-hydrogen) atoms. The lowest BCUT2D eigenvalue weighted by Crippen LogP contribution is -2.51. The highest BCUT2D eigenvalue weighted by Gasteiger charge is 2.41. The second-order valence-corrected chi connectivity index (χ2v) is 6.22. The van der Waals surface area contributed by atoms with Crippen LogP contribution < -0.4 is 15.4 Å². The summed E-state index contributed by atoms with van der Waals surface area (Å²) in [6.07, 6.45) is 0. The summed E-state index contributed by atoms with van der Waals surface area (Å²) in [5, 5.41) is 16.4. The Kier molecular flexibility index (Phi) is 6.08. The van der Waals surface area contributed by atoms with Crippen LogP contribution in [-0.2, 0) is 9.53 Å². The summed E-state index contributed by atoms with van der Waals surface area (Å²) < 4.78 is 10.8. The van der Waals surface area contributed by atoms with Crippen molar-refractivity contribution in [2.24, 2.45) is 5.92 Å². The van der Waals surface area contributed by atoms with E-state index in [4.69, 9.17) is 9.47 Å². The maximum Gasteiger partial charge on any atom is 0.319 e. The molecule has 1 saturated heterocycles. The summed E-state index contributed by atoms with van der Waals surface area (Å²) >= 11 is 0. The minimum absolute atomic E-state index is 0.0327. The molecule has 1 aliphatic rings. The van der Waals surface area contributed by atoms with Crippen LogP contribution in [0.5, 0.6) is 5.75 Å². The van der Waals surface area contributed by atoms with Crippen LogP contribution in [0.1, 0.15) is 11.6 Å². The molecule has 2 aromatic carbocycles. The van der Waals surface area contributed by atoms with Gasteiger partial charge in [0.25, 0.3) is 5.69 Å². The van der Waals surface area contributed by atoms with Crippen molar-refractivity contribution in [2.45, 2.75) is 6.04 Å². The first-order valence-electron chi connectivity index (χ1n) is 8.81. The molecule has 1 fully saturated rings. The SMILES string of the molecule is C=C1NC(=O)N[C@H](c2ccccc2[N+](=O)[O-])[C@H]1C(=O)OCCOc1ccccc1. The van der Waals surface area contributed by atoms with Gasteiger partial charge in [-0.25, -0.2) is 4.79 Å². The molecule has 2 atom stereocenters. The highest BCUT2D eigenvalue weighted by atomic mass is 16.6. The van der Waals surface area contributed by atoms with E-state index in [-0.39, 0.29) is 30.2 Å². The summed E-state index contributed by atoms with van der Waals surface area (Å²) in [5.74, 6) is -1.08. The third kappa shape index (κ3) is 4.70. The number of amides is 2. The van der Waals surface area contributed by atoms with Gasteiger partial charge in [-0.2, -0.15) is 0 Å². The minimum atomic E-state index is -1.04. The fourth-order valence-electron chi connectivity index (χ4n) is 3.05. The van der Waals surface area contributed by atoms with Gasteiger partial charge in [0.15, 0.2) is 0 Å². The minimum Gasteiger partial charge on any atom is -0.490 e. The first-order chi connectivity index (χ1) is 14.0. The van der Waals surface area contributed by atoms with Crippen molar-refractivity contribution in [2.75, 3.05) is 13.2 Å². The van der Waals surface area contributed by atoms with E-state index >= 15 is 0 Å². The maximum atomic E-state index is 12.7. The fourth-order valence-corrected chi connectivity index (χ4v) is 3.05. The first-order valence-corrected chi connectivity index (χ1v) is 8.81. The van der Waals surface area contributed by atoms with E-state index in [1.165, 1.54) is 18.2 Å². The van der Waals surface area contributed by atoms with Gasteiger partial charge in [0.2, 0.25) is 0 Å². The smallest absolute Gasteiger partial charge is 0.319 e. The Labute approximate surface area is 166 Å². The lowest BCUT2D eigenvalue weighted by Gasteiger charge is -2.32. The van der Waals surface area contributed by atoms with Crippen LogP contribution in [0.25, 0.3) is 0 Å². The molecule has 0 spiro atoms. The summed E-state index contributed by atoms with van der Waals surface area (Å²) in [4.78, 5) is 35.4. The molecule has 0 saturated carbocycles. The van der Waals surface area contributed by atoms with Gasteiger partial charge in [0, 0.05) is 11.8 Å². The molecule has 2 N–H and O–H groups in total. The number of ether oxygens (including phenoxy) is 2. The number of para-hydroxylation sites is 2. The molecular formula is C20H19N3O6. The largest absolute Gasteiger partial charge is 0.490 e. The number of rotatable bonds is 7. The molecule has 0 bridgehead atoms. The second kappa shape index (κ2) is 8.87. The number of carbonyl (C=O) groups is 2. The quantitative estimate of drug-likeness (QED) is 0.321. The topological polar surface area (TPSA) is 120 Å². The molecule has 2 amide bonds. The summed E-state index contributed by atoms with van der Waals surface area (Å²) in [5.41, 5.74) is 0.0829. The number of hydrogen-bond acceptors (Lipinski definition) is 6. The predicted molar refractivity (Wildman–Crippen MR) is 103 cm³/mol. The average molecular weight is 397 g/mol. The second-order valence-electron chi connectivity index (χ2n) is 6.22. The van der Waals surface area contributed by atoms with Crippen molar-refractivity contribution in [1.29, 1.82) is 0 Å². The average Bonchev–Trinajstić information content (AvgIpc) is 2.71. The number of nitrogens with one attached hydrogen (secondary N) is 2. The number of carbonyl (C=O) groups excluding carboxylic acids is 2. The standard InChI is InChI=1S/C20H19N3O6/c1-13-17(19(24)29-12-11-28-14-7-3-2-4-8-14)18(22-20(25)21-13)15-9-5-6-10-16(15)23(26)27/h2-10,17-18H,1,11-12H2,(H2,21,22,25)/t17-,18+/m0/s1. The van der Waals surface area contributed by atoms with E-state index in [1.807, 2.05) is 18.2 Å². The fraction of sp³-hybridized carbons (Fsp3) is 0.200. The predicted octanol–water partition coefficient (Wildman–Crippen LogP) is 2.70. The van der Waals surface area contributed by atoms with E-state index in [9.17, 15) is 19.7 Å². The van der Waals surface area contributed by atoms with Crippen molar-refractivity contribution in [3.05, 3.63) is 82.6 Å². The Morgan fingerprint density at radius 1 is 1.10 bits per heavy atom. The van der Waals surface area contributed by atoms with Gasteiger partial charge in [-0.3, -0.25) is 14.9 Å². The molecule has 0 aliphatic carbocycles. The molecule has 9 heteroatoms. The Balaban J connectivity index is 1.72. The summed E-state index contributed by atoms with van der Waals surface area (Å²) in [7, 11) is 0. The molecule has 9 nitrogen and oxygen atoms in total. The van der Waals surface area contributed by atoms with Crippen LogP contribution in [0.4, 0.5) is 10.5 Å². The highest BCUT2D eigenvalue weighted by molar-refractivity contribution is 5.85. The summed E-state index contributed by atoms with van der Waals surface area (Å²) in [6, 6.07) is 13.3. The molecule has 150 valence electrons. The molecule has 1 heterocycles. The molecule has 2 aromatic rings. The maximum absolute atomic E-state index is 12.7. The molecular weight excluding hydrogens is 378 g/mol. The van der Waals surface area contributed by atoms with Crippen LogP contribution in [-0.4, -0.2) is 30.1 Å². The molecule has 0 radical (unpaired) electrons. The van der Waals surface area contributed by atoms with Gasteiger partial charge in [0.1, 0.15) is 24.9 Å². The number of esters is 1. The monoisotopic (exact) mass is 397 g/mol.